The number of hydrogen-bond acceptors (Lipinski definition) is 4. The minimum atomic E-state index is -0.661. The monoisotopic (exact) mass is 319 g/mol. The number of aliphatic carboxylic acids is 1. The van der Waals surface area contributed by atoms with Crippen molar-refractivity contribution in [3.05, 3.63) is 23.5 Å². The Labute approximate surface area is 134 Å². The van der Waals surface area contributed by atoms with Gasteiger partial charge in [-0.1, -0.05) is 13.8 Å². The molecule has 0 atom stereocenters. The topological polar surface area (TPSA) is 68.0 Å². The summed E-state index contributed by atoms with van der Waals surface area (Å²) in [5.74, 6) is 0.483. The highest BCUT2D eigenvalue weighted by Crippen LogP contribution is 2.35. The molecule has 2 aromatic heterocycles. The molecule has 0 unspecified atom stereocenters. The van der Waals surface area contributed by atoms with Crippen molar-refractivity contribution in [2.24, 2.45) is 5.92 Å². The molecule has 3 rings (SSSR count). The third-order valence-corrected chi connectivity index (χ3v) is 5.27. The zero-order chi connectivity index (χ0) is 15.7. The van der Waals surface area contributed by atoms with Gasteiger partial charge in [-0.05, 0) is 31.6 Å². The van der Waals surface area contributed by atoms with Gasteiger partial charge in [-0.25, -0.2) is 9.97 Å². The quantitative estimate of drug-likeness (QED) is 0.926. The summed E-state index contributed by atoms with van der Waals surface area (Å²) in [5.41, 5.74) is 1.10. The summed E-state index contributed by atoms with van der Waals surface area (Å²) in [6.45, 7) is 4.27. The molecule has 6 heteroatoms. The highest BCUT2D eigenvalue weighted by molar-refractivity contribution is 7.13. The number of imidazole rings is 1. The minimum Gasteiger partial charge on any atom is -0.481 e. The third-order valence-electron chi connectivity index (χ3n) is 4.41. The van der Waals surface area contributed by atoms with Gasteiger partial charge in [0.05, 0.1) is 11.6 Å². The van der Waals surface area contributed by atoms with E-state index in [1.807, 2.05) is 12.4 Å². The van der Waals surface area contributed by atoms with Crippen LogP contribution >= 0.6 is 11.3 Å². The van der Waals surface area contributed by atoms with Crippen molar-refractivity contribution < 1.29 is 9.90 Å². The highest BCUT2D eigenvalue weighted by atomic mass is 32.1. The predicted octanol–water partition coefficient (Wildman–Crippen LogP) is 3.95. The molecule has 0 radical (unpaired) electrons. The number of carboxylic acids is 1. The average Bonchev–Trinajstić information content (AvgIpc) is 3.16. The highest BCUT2D eigenvalue weighted by Gasteiger charge is 2.28. The Balaban J connectivity index is 1.79. The van der Waals surface area contributed by atoms with Crippen LogP contribution in [0, 0.1) is 5.92 Å². The van der Waals surface area contributed by atoms with Gasteiger partial charge in [0, 0.05) is 23.8 Å². The van der Waals surface area contributed by atoms with Crippen LogP contribution in [0.25, 0.3) is 10.8 Å². The first-order valence-corrected chi connectivity index (χ1v) is 8.65. The van der Waals surface area contributed by atoms with Gasteiger partial charge in [0.2, 0.25) is 0 Å². The van der Waals surface area contributed by atoms with Gasteiger partial charge in [-0.3, -0.25) is 4.79 Å². The SMILES string of the molecule is CC(C)c1csc(-c2nccn2C2CCC(C(=O)O)CC2)n1. The standard InChI is InChI=1S/C16H21N3O2S/c1-10(2)13-9-22-15(18-13)14-17-7-8-19(14)12-5-3-11(4-6-12)16(20)21/h7-12H,3-6H2,1-2H3,(H,20,21). The number of hydrogen-bond donors (Lipinski definition) is 1. The molecule has 1 aliphatic rings. The lowest BCUT2D eigenvalue weighted by atomic mass is 9.86. The number of aromatic nitrogens is 3. The summed E-state index contributed by atoms with van der Waals surface area (Å²) < 4.78 is 2.18. The van der Waals surface area contributed by atoms with E-state index in [0.717, 1.165) is 42.2 Å². The molecule has 22 heavy (non-hydrogen) atoms. The maximum absolute atomic E-state index is 11.1. The Bertz CT molecular complexity index is 654. The zero-order valence-corrected chi connectivity index (χ0v) is 13.7. The molecular formula is C16H21N3O2S. The van der Waals surface area contributed by atoms with E-state index in [9.17, 15) is 4.79 Å². The van der Waals surface area contributed by atoms with Crippen molar-refractivity contribution in [2.75, 3.05) is 0 Å². The third kappa shape index (κ3) is 2.92. The lowest BCUT2D eigenvalue weighted by molar-refractivity contribution is -0.143. The largest absolute Gasteiger partial charge is 0.481 e. The van der Waals surface area contributed by atoms with E-state index in [-0.39, 0.29) is 5.92 Å². The van der Waals surface area contributed by atoms with Gasteiger partial charge < -0.3 is 9.67 Å². The summed E-state index contributed by atoms with van der Waals surface area (Å²) >= 11 is 1.63. The van der Waals surface area contributed by atoms with E-state index in [2.05, 4.69) is 28.8 Å². The van der Waals surface area contributed by atoms with Crippen LogP contribution in [0.15, 0.2) is 17.8 Å². The molecule has 2 aromatic rings. The Hall–Kier alpha value is -1.69. The van der Waals surface area contributed by atoms with Crippen LogP contribution < -0.4 is 0 Å². The number of carboxylic acid groups (broad SMARTS) is 1. The normalized spacial score (nSPS) is 22.1. The van der Waals surface area contributed by atoms with E-state index in [1.54, 1.807) is 11.3 Å². The first-order valence-electron chi connectivity index (χ1n) is 7.77. The van der Waals surface area contributed by atoms with Crippen LogP contribution in [0.2, 0.25) is 0 Å². The van der Waals surface area contributed by atoms with E-state index in [1.165, 1.54) is 0 Å². The van der Waals surface area contributed by atoms with E-state index in [4.69, 9.17) is 10.1 Å². The van der Waals surface area contributed by atoms with Crippen molar-refractivity contribution >= 4 is 17.3 Å². The fraction of sp³-hybridized carbons (Fsp3) is 0.562. The molecule has 0 spiro atoms. The first kappa shape index (κ1) is 15.2. The van der Waals surface area contributed by atoms with Crippen LogP contribution in [0.4, 0.5) is 0 Å². The van der Waals surface area contributed by atoms with Crippen LogP contribution in [-0.4, -0.2) is 25.6 Å². The summed E-state index contributed by atoms with van der Waals surface area (Å²) in [4.78, 5) is 20.2. The predicted molar refractivity (Wildman–Crippen MR) is 86.1 cm³/mol. The lowest BCUT2D eigenvalue weighted by Crippen LogP contribution is -2.23. The van der Waals surface area contributed by atoms with Gasteiger partial charge in [0.15, 0.2) is 10.8 Å². The van der Waals surface area contributed by atoms with Gasteiger partial charge in [0.1, 0.15) is 0 Å². The van der Waals surface area contributed by atoms with Crippen molar-refractivity contribution in [1.29, 1.82) is 0 Å². The van der Waals surface area contributed by atoms with Crippen molar-refractivity contribution in [1.82, 2.24) is 14.5 Å². The van der Waals surface area contributed by atoms with Crippen molar-refractivity contribution in [2.45, 2.75) is 51.5 Å². The van der Waals surface area contributed by atoms with Crippen molar-refractivity contribution in [3.63, 3.8) is 0 Å². The fourth-order valence-electron chi connectivity index (χ4n) is 3.03. The molecule has 0 saturated heterocycles. The summed E-state index contributed by atoms with van der Waals surface area (Å²) in [7, 11) is 0. The molecule has 5 nitrogen and oxygen atoms in total. The molecule has 0 aromatic carbocycles. The molecule has 2 heterocycles. The average molecular weight is 319 g/mol. The number of rotatable bonds is 4. The van der Waals surface area contributed by atoms with E-state index >= 15 is 0 Å². The van der Waals surface area contributed by atoms with Crippen molar-refractivity contribution in [3.8, 4) is 10.8 Å². The molecular weight excluding hydrogens is 298 g/mol. The second-order valence-electron chi connectivity index (χ2n) is 6.23. The van der Waals surface area contributed by atoms with Crippen LogP contribution in [0.1, 0.15) is 57.2 Å². The minimum absolute atomic E-state index is 0.185. The van der Waals surface area contributed by atoms with E-state index < -0.39 is 5.97 Å². The molecule has 1 fully saturated rings. The maximum Gasteiger partial charge on any atom is 0.306 e. The first-order chi connectivity index (χ1) is 10.6. The molecule has 0 amide bonds. The molecule has 1 saturated carbocycles. The second kappa shape index (κ2) is 6.20. The van der Waals surface area contributed by atoms with Gasteiger partial charge in [0.25, 0.3) is 0 Å². The Kier molecular flexibility index (Phi) is 4.29. The van der Waals surface area contributed by atoms with Crippen LogP contribution in [0.3, 0.4) is 0 Å². The zero-order valence-electron chi connectivity index (χ0n) is 12.9. The Morgan fingerprint density at radius 1 is 1.36 bits per heavy atom. The molecule has 1 aliphatic carbocycles. The summed E-state index contributed by atoms with van der Waals surface area (Å²) in [6, 6.07) is 0.333. The Morgan fingerprint density at radius 2 is 2.09 bits per heavy atom. The van der Waals surface area contributed by atoms with E-state index in [0.29, 0.717) is 12.0 Å². The Morgan fingerprint density at radius 3 is 2.68 bits per heavy atom. The van der Waals surface area contributed by atoms with Crippen LogP contribution in [0.5, 0.6) is 0 Å². The molecule has 0 aliphatic heterocycles. The second-order valence-corrected chi connectivity index (χ2v) is 7.09. The van der Waals surface area contributed by atoms with Crippen LogP contribution in [-0.2, 0) is 4.79 Å². The lowest BCUT2D eigenvalue weighted by Gasteiger charge is -2.27. The molecule has 1 N–H and O–H groups in total. The molecule has 118 valence electrons. The number of nitrogens with zero attached hydrogens (tertiary/aromatic N) is 3. The molecule has 0 bridgehead atoms. The number of carbonyl (C=O) groups is 1. The fourth-order valence-corrected chi connectivity index (χ4v) is 4.01. The van der Waals surface area contributed by atoms with Gasteiger partial charge in [-0.15, -0.1) is 11.3 Å². The van der Waals surface area contributed by atoms with Gasteiger partial charge in [-0.2, -0.15) is 0 Å². The summed E-state index contributed by atoms with van der Waals surface area (Å²) in [6.07, 6.45) is 7.08. The maximum atomic E-state index is 11.1. The van der Waals surface area contributed by atoms with Gasteiger partial charge >= 0.3 is 5.97 Å². The summed E-state index contributed by atoms with van der Waals surface area (Å²) in [5, 5.41) is 12.2. The smallest absolute Gasteiger partial charge is 0.306 e. The number of thiazole rings is 1.